The van der Waals surface area contributed by atoms with E-state index in [0.29, 0.717) is 5.41 Å². The van der Waals surface area contributed by atoms with Gasteiger partial charge in [0.1, 0.15) is 5.75 Å². The van der Waals surface area contributed by atoms with Gasteiger partial charge in [0, 0.05) is 62.8 Å². The quantitative estimate of drug-likeness (QED) is 0.346. The number of rotatable bonds is 7. The second-order valence-electron chi connectivity index (χ2n) is 12.1. The van der Waals surface area contributed by atoms with Gasteiger partial charge in [0.05, 0.1) is 7.11 Å². The van der Waals surface area contributed by atoms with Crippen LogP contribution in [0.5, 0.6) is 5.75 Å². The predicted molar refractivity (Wildman–Crippen MR) is 159 cm³/mol. The van der Waals surface area contributed by atoms with Gasteiger partial charge in [0.2, 0.25) is 0 Å². The van der Waals surface area contributed by atoms with Crippen LogP contribution in [-0.2, 0) is 0 Å². The maximum absolute atomic E-state index is 5.40. The third-order valence-corrected chi connectivity index (χ3v) is 11.0. The van der Waals surface area contributed by atoms with Crippen molar-refractivity contribution in [1.29, 1.82) is 0 Å². The monoisotopic (exact) mass is 546 g/mol. The summed E-state index contributed by atoms with van der Waals surface area (Å²) in [7, 11) is 1.75. The highest BCUT2D eigenvalue weighted by Gasteiger charge is 2.45. The summed E-state index contributed by atoms with van der Waals surface area (Å²) in [6, 6.07) is 8.67. The lowest BCUT2D eigenvalue weighted by Gasteiger charge is -2.36. The highest BCUT2D eigenvalue weighted by molar-refractivity contribution is 7.97. The van der Waals surface area contributed by atoms with Crippen molar-refractivity contribution < 1.29 is 4.74 Å². The van der Waals surface area contributed by atoms with Crippen LogP contribution in [0.4, 0.5) is 0 Å². The molecule has 0 unspecified atom stereocenters. The minimum absolute atomic E-state index is 0.475. The van der Waals surface area contributed by atoms with Crippen molar-refractivity contribution in [1.82, 2.24) is 17.8 Å². The Morgan fingerprint density at radius 3 is 2.03 bits per heavy atom. The first-order chi connectivity index (χ1) is 18.2. The molecule has 1 aromatic rings. The van der Waals surface area contributed by atoms with Gasteiger partial charge >= 0.3 is 0 Å². The molecule has 4 aliphatic rings. The van der Waals surface area contributed by atoms with Gasteiger partial charge in [0.25, 0.3) is 0 Å². The Balaban J connectivity index is 1.26. The minimum Gasteiger partial charge on any atom is -0.497 e. The standard InChI is InChI=1S/C30H50N4OS2/c1-35-28-12-14-29(15-13-28)36-33-22-8-18-31(24-27-10-4-2-5-11-27)19-9-23-34(26-30(25-33)16-17-30)37-32-20-6-3-7-21-32/h12-15,27H,2-11,16-26H2,1H3. The summed E-state index contributed by atoms with van der Waals surface area (Å²) in [5, 5.41) is 0. The topological polar surface area (TPSA) is 22.2 Å². The fraction of sp³-hybridized carbons (Fsp3) is 0.800. The van der Waals surface area contributed by atoms with E-state index < -0.39 is 0 Å². The molecule has 2 aliphatic heterocycles. The number of methoxy groups -OCH3 is 1. The molecule has 2 heterocycles. The van der Waals surface area contributed by atoms with Crippen LogP contribution >= 0.6 is 24.1 Å². The van der Waals surface area contributed by atoms with Crippen LogP contribution in [0.15, 0.2) is 29.2 Å². The molecule has 0 radical (unpaired) electrons. The normalized spacial score (nSPS) is 26.0. The van der Waals surface area contributed by atoms with Gasteiger partial charge in [0.15, 0.2) is 0 Å². The summed E-state index contributed by atoms with van der Waals surface area (Å²) in [5.74, 6) is 1.88. The van der Waals surface area contributed by atoms with Crippen molar-refractivity contribution in [2.24, 2.45) is 11.3 Å². The summed E-state index contributed by atoms with van der Waals surface area (Å²) in [6.45, 7) is 11.3. The predicted octanol–water partition coefficient (Wildman–Crippen LogP) is 6.81. The Kier molecular flexibility index (Phi) is 10.8. The molecule has 0 bridgehead atoms. The highest BCUT2D eigenvalue weighted by atomic mass is 32.2. The van der Waals surface area contributed by atoms with E-state index in [2.05, 4.69) is 54.2 Å². The van der Waals surface area contributed by atoms with E-state index in [4.69, 9.17) is 4.74 Å². The average Bonchev–Trinajstić information content (AvgIpc) is 3.68. The van der Waals surface area contributed by atoms with E-state index in [1.165, 1.54) is 141 Å². The fourth-order valence-corrected chi connectivity index (χ4v) is 8.87. The van der Waals surface area contributed by atoms with Gasteiger partial charge in [-0.1, -0.05) is 25.7 Å². The minimum atomic E-state index is 0.475. The van der Waals surface area contributed by atoms with Crippen LogP contribution in [0.2, 0.25) is 0 Å². The first-order valence-electron chi connectivity index (χ1n) is 15.2. The van der Waals surface area contributed by atoms with E-state index in [0.717, 1.165) is 11.7 Å². The number of benzene rings is 1. The molecule has 4 fully saturated rings. The molecule has 7 heteroatoms. The molecule has 0 amide bonds. The Morgan fingerprint density at radius 1 is 0.730 bits per heavy atom. The largest absolute Gasteiger partial charge is 0.497 e. The zero-order chi connectivity index (χ0) is 25.3. The molecule has 0 N–H and O–H groups in total. The van der Waals surface area contributed by atoms with E-state index in [1.807, 2.05) is 11.9 Å². The summed E-state index contributed by atoms with van der Waals surface area (Å²) in [5.41, 5.74) is 0.475. The van der Waals surface area contributed by atoms with Crippen molar-refractivity contribution >= 4 is 24.1 Å². The van der Waals surface area contributed by atoms with E-state index >= 15 is 0 Å². The number of hydrogen-bond acceptors (Lipinski definition) is 7. The summed E-state index contributed by atoms with van der Waals surface area (Å²) in [4.78, 5) is 4.17. The molecule has 2 saturated carbocycles. The Bertz CT molecular complexity index is 793. The SMILES string of the molecule is COc1ccc(SN2CCCN(CC3CCCCC3)CCCN(SN3CCCCC3)CC3(CC3)C2)cc1. The van der Waals surface area contributed by atoms with Crippen molar-refractivity contribution in [2.75, 3.05) is 66.0 Å². The van der Waals surface area contributed by atoms with E-state index in [9.17, 15) is 0 Å². The maximum Gasteiger partial charge on any atom is 0.118 e. The van der Waals surface area contributed by atoms with Gasteiger partial charge < -0.3 is 9.64 Å². The average molecular weight is 547 g/mol. The van der Waals surface area contributed by atoms with Gasteiger partial charge in [-0.05, 0) is 112 Å². The van der Waals surface area contributed by atoms with E-state index in [1.54, 1.807) is 7.11 Å². The Labute approximate surface area is 235 Å². The molecule has 5 nitrogen and oxygen atoms in total. The molecular formula is C30H50N4OS2. The first-order valence-corrected chi connectivity index (χ1v) is 16.7. The molecule has 2 saturated heterocycles. The molecule has 0 atom stereocenters. The summed E-state index contributed by atoms with van der Waals surface area (Å²) < 4.78 is 13.5. The first kappa shape index (κ1) is 28.1. The highest BCUT2D eigenvalue weighted by Crippen LogP contribution is 2.49. The lowest BCUT2D eigenvalue weighted by Crippen LogP contribution is -2.40. The van der Waals surface area contributed by atoms with Gasteiger partial charge in [-0.2, -0.15) is 0 Å². The third kappa shape index (κ3) is 9.04. The number of hydrogen-bond donors (Lipinski definition) is 0. The third-order valence-electron chi connectivity index (χ3n) is 8.83. The molecular weight excluding hydrogens is 496 g/mol. The second-order valence-corrected chi connectivity index (χ2v) is 14.4. The second kappa shape index (κ2) is 14.3. The molecule has 208 valence electrons. The Morgan fingerprint density at radius 2 is 1.35 bits per heavy atom. The van der Waals surface area contributed by atoms with Crippen LogP contribution in [0.25, 0.3) is 0 Å². The van der Waals surface area contributed by atoms with Gasteiger partial charge in [-0.3, -0.25) is 0 Å². The van der Waals surface area contributed by atoms with Crippen LogP contribution in [0.1, 0.15) is 77.0 Å². The van der Waals surface area contributed by atoms with Crippen molar-refractivity contribution in [2.45, 2.75) is 81.9 Å². The van der Waals surface area contributed by atoms with Crippen LogP contribution in [0, 0.1) is 11.3 Å². The number of nitrogens with zero attached hydrogens (tertiary/aromatic N) is 4. The maximum atomic E-state index is 5.40. The summed E-state index contributed by atoms with van der Waals surface area (Å²) in [6.07, 6.45) is 16.8. The molecule has 5 rings (SSSR count). The Hall–Kier alpha value is -0.440. The molecule has 0 aromatic heterocycles. The molecule has 1 spiro atoms. The van der Waals surface area contributed by atoms with Crippen LogP contribution < -0.4 is 4.74 Å². The number of ether oxygens (including phenoxy) is 1. The van der Waals surface area contributed by atoms with Crippen LogP contribution in [-0.4, -0.2) is 83.8 Å². The molecule has 37 heavy (non-hydrogen) atoms. The van der Waals surface area contributed by atoms with Gasteiger partial charge in [-0.15, -0.1) is 0 Å². The van der Waals surface area contributed by atoms with Gasteiger partial charge in [-0.25, -0.2) is 12.9 Å². The van der Waals surface area contributed by atoms with Crippen molar-refractivity contribution in [3.8, 4) is 5.75 Å². The number of piperidine rings is 1. The van der Waals surface area contributed by atoms with Crippen molar-refractivity contribution in [3.63, 3.8) is 0 Å². The fourth-order valence-electron chi connectivity index (χ4n) is 6.46. The molecule has 2 aliphatic carbocycles. The summed E-state index contributed by atoms with van der Waals surface area (Å²) >= 11 is 4.06. The molecule has 1 aromatic carbocycles. The lowest BCUT2D eigenvalue weighted by atomic mass is 9.89. The zero-order valence-electron chi connectivity index (χ0n) is 23.2. The van der Waals surface area contributed by atoms with Crippen LogP contribution in [0.3, 0.4) is 0 Å². The van der Waals surface area contributed by atoms with Crippen molar-refractivity contribution in [3.05, 3.63) is 24.3 Å². The van der Waals surface area contributed by atoms with E-state index in [-0.39, 0.29) is 0 Å². The lowest BCUT2D eigenvalue weighted by molar-refractivity contribution is 0.180. The zero-order valence-corrected chi connectivity index (χ0v) is 24.9. The smallest absolute Gasteiger partial charge is 0.118 e.